The number of hydrogen-bond donors (Lipinski definition) is 1. The second-order valence-corrected chi connectivity index (χ2v) is 4.56. The highest BCUT2D eigenvalue weighted by molar-refractivity contribution is 9.10. The predicted octanol–water partition coefficient (Wildman–Crippen LogP) is 3.85. The van der Waals surface area contributed by atoms with Gasteiger partial charge in [0.1, 0.15) is 11.6 Å². The molecular formula is C13H10BrF2N. The molecule has 0 spiro atoms. The third-order valence-corrected chi connectivity index (χ3v) is 2.98. The fourth-order valence-electron chi connectivity index (χ4n) is 1.61. The minimum atomic E-state index is -0.468. The Hall–Kier alpha value is -1.26. The maximum Gasteiger partial charge on any atom is 0.131 e. The van der Waals surface area contributed by atoms with Crippen LogP contribution in [0.5, 0.6) is 0 Å². The molecule has 0 aliphatic rings. The first-order valence-corrected chi connectivity index (χ1v) is 5.85. The van der Waals surface area contributed by atoms with Gasteiger partial charge in [-0.1, -0.05) is 28.1 Å². The molecule has 88 valence electrons. The third-order valence-electron chi connectivity index (χ3n) is 2.49. The zero-order chi connectivity index (χ0) is 12.4. The van der Waals surface area contributed by atoms with Crippen LogP contribution in [0.15, 0.2) is 40.9 Å². The van der Waals surface area contributed by atoms with Gasteiger partial charge in [0, 0.05) is 22.1 Å². The first-order chi connectivity index (χ1) is 8.11. The van der Waals surface area contributed by atoms with Gasteiger partial charge in [0.25, 0.3) is 0 Å². The summed E-state index contributed by atoms with van der Waals surface area (Å²) in [6.07, 6.45) is 0. The Balaban J connectivity index is 2.56. The number of halogens is 3. The van der Waals surface area contributed by atoms with Crippen LogP contribution < -0.4 is 5.73 Å². The van der Waals surface area contributed by atoms with Crippen molar-refractivity contribution >= 4 is 15.9 Å². The molecule has 2 aromatic rings. The van der Waals surface area contributed by atoms with Gasteiger partial charge in [-0.3, -0.25) is 0 Å². The number of hydrogen-bond acceptors (Lipinski definition) is 1. The molecule has 17 heavy (non-hydrogen) atoms. The monoisotopic (exact) mass is 297 g/mol. The van der Waals surface area contributed by atoms with Gasteiger partial charge in [0.2, 0.25) is 0 Å². The van der Waals surface area contributed by atoms with Crippen molar-refractivity contribution < 1.29 is 8.78 Å². The number of benzene rings is 2. The van der Waals surface area contributed by atoms with Crippen molar-refractivity contribution in [1.29, 1.82) is 0 Å². The zero-order valence-corrected chi connectivity index (χ0v) is 10.5. The van der Waals surface area contributed by atoms with Gasteiger partial charge < -0.3 is 5.73 Å². The van der Waals surface area contributed by atoms with E-state index in [0.717, 1.165) is 0 Å². The summed E-state index contributed by atoms with van der Waals surface area (Å²) in [5, 5.41) is 0. The van der Waals surface area contributed by atoms with Crippen molar-refractivity contribution in [2.75, 3.05) is 0 Å². The third kappa shape index (κ3) is 2.53. The van der Waals surface area contributed by atoms with E-state index in [1.165, 1.54) is 12.1 Å². The van der Waals surface area contributed by atoms with Gasteiger partial charge in [-0.15, -0.1) is 0 Å². The minimum absolute atomic E-state index is 0.237. The van der Waals surface area contributed by atoms with Crippen LogP contribution >= 0.6 is 15.9 Å². The summed E-state index contributed by atoms with van der Waals surface area (Å²) < 4.78 is 28.1. The second-order valence-electron chi connectivity index (χ2n) is 3.64. The quantitative estimate of drug-likeness (QED) is 0.895. The van der Waals surface area contributed by atoms with Crippen molar-refractivity contribution in [3.63, 3.8) is 0 Å². The molecule has 0 aromatic heterocycles. The van der Waals surface area contributed by atoms with Gasteiger partial charge in [0.05, 0.1) is 0 Å². The molecule has 0 atom stereocenters. The van der Waals surface area contributed by atoms with Crippen LogP contribution in [0.2, 0.25) is 0 Å². The molecule has 0 radical (unpaired) electrons. The number of rotatable bonds is 2. The van der Waals surface area contributed by atoms with E-state index < -0.39 is 11.6 Å². The second kappa shape index (κ2) is 4.94. The molecule has 2 rings (SSSR count). The Morgan fingerprint density at radius 2 is 1.71 bits per heavy atom. The molecular weight excluding hydrogens is 288 g/mol. The van der Waals surface area contributed by atoms with E-state index in [-0.39, 0.29) is 17.7 Å². The highest BCUT2D eigenvalue weighted by Crippen LogP contribution is 2.28. The Kier molecular flexibility index (Phi) is 3.54. The van der Waals surface area contributed by atoms with E-state index in [1.807, 2.05) is 0 Å². The van der Waals surface area contributed by atoms with E-state index in [9.17, 15) is 8.78 Å². The molecule has 0 bridgehead atoms. The molecule has 0 fully saturated rings. The van der Waals surface area contributed by atoms with E-state index in [2.05, 4.69) is 15.9 Å². The van der Waals surface area contributed by atoms with Crippen molar-refractivity contribution in [1.82, 2.24) is 0 Å². The predicted molar refractivity (Wildman–Crippen MR) is 67.4 cm³/mol. The lowest BCUT2D eigenvalue weighted by Gasteiger charge is -2.07. The zero-order valence-electron chi connectivity index (χ0n) is 8.88. The van der Waals surface area contributed by atoms with Crippen LogP contribution in [0, 0.1) is 11.6 Å². The topological polar surface area (TPSA) is 26.0 Å². The largest absolute Gasteiger partial charge is 0.326 e. The Labute approximate surface area is 106 Å². The van der Waals surface area contributed by atoms with E-state index in [0.29, 0.717) is 10.0 Å². The van der Waals surface area contributed by atoms with Gasteiger partial charge in [-0.25, -0.2) is 8.78 Å². The molecule has 2 aromatic carbocycles. The summed E-state index contributed by atoms with van der Waals surface area (Å²) in [5.74, 6) is -0.919. The maximum absolute atomic E-state index is 13.8. The summed E-state index contributed by atoms with van der Waals surface area (Å²) in [6.45, 7) is 0.262. The summed E-state index contributed by atoms with van der Waals surface area (Å²) >= 11 is 3.24. The van der Waals surface area contributed by atoms with E-state index in [1.54, 1.807) is 24.3 Å². The van der Waals surface area contributed by atoms with Gasteiger partial charge in [-0.05, 0) is 29.8 Å². The number of nitrogens with two attached hydrogens (primary N) is 1. The molecule has 2 N–H and O–H groups in total. The smallest absolute Gasteiger partial charge is 0.131 e. The van der Waals surface area contributed by atoms with E-state index in [4.69, 9.17) is 5.73 Å². The molecule has 0 saturated carbocycles. The fraction of sp³-hybridized carbons (Fsp3) is 0.0769. The van der Waals surface area contributed by atoms with Crippen LogP contribution in [0.3, 0.4) is 0 Å². The summed E-state index contributed by atoms with van der Waals surface area (Å²) in [6, 6.07) is 8.99. The maximum atomic E-state index is 13.8. The van der Waals surface area contributed by atoms with Gasteiger partial charge >= 0.3 is 0 Å². The SMILES string of the molecule is NCc1ccc(-c2cc(Br)ccc2F)c(F)c1. The first-order valence-electron chi connectivity index (χ1n) is 5.05. The van der Waals surface area contributed by atoms with Crippen molar-refractivity contribution in [2.24, 2.45) is 5.73 Å². The van der Waals surface area contributed by atoms with Crippen LogP contribution in [0.4, 0.5) is 8.78 Å². The molecule has 0 heterocycles. The van der Waals surface area contributed by atoms with Crippen LogP contribution in [0.25, 0.3) is 11.1 Å². The van der Waals surface area contributed by atoms with Crippen molar-refractivity contribution in [2.45, 2.75) is 6.54 Å². The highest BCUT2D eigenvalue weighted by Gasteiger charge is 2.10. The van der Waals surface area contributed by atoms with E-state index >= 15 is 0 Å². The van der Waals surface area contributed by atoms with Crippen LogP contribution in [-0.4, -0.2) is 0 Å². The van der Waals surface area contributed by atoms with Crippen LogP contribution in [0.1, 0.15) is 5.56 Å². The normalized spacial score (nSPS) is 10.6. The highest BCUT2D eigenvalue weighted by atomic mass is 79.9. The van der Waals surface area contributed by atoms with Gasteiger partial charge in [-0.2, -0.15) is 0 Å². The van der Waals surface area contributed by atoms with Crippen molar-refractivity contribution in [3.05, 3.63) is 58.1 Å². The average molecular weight is 298 g/mol. The summed E-state index contributed by atoms with van der Waals surface area (Å²) in [5.41, 5.74) is 6.57. The molecule has 1 nitrogen and oxygen atoms in total. The Bertz CT molecular complexity index is 555. The fourth-order valence-corrected chi connectivity index (χ4v) is 1.97. The summed E-state index contributed by atoms with van der Waals surface area (Å²) in [4.78, 5) is 0. The van der Waals surface area contributed by atoms with Crippen molar-refractivity contribution in [3.8, 4) is 11.1 Å². The lowest BCUT2D eigenvalue weighted by Crippen LogP contribution is -1.98. The Morgan fingerprint density at radius 1 is 0.941 bits per heavy atom. The van der Waals surface area contributed by atoms with Crippen LogP contribution in [-0.2, 0) is 6.54 Å². The first kappa shape index (κ1) is 12.2. The molecule has 0 aliphatic heterocycles. The lowest BCUT2D eigenvalue weighted by atomic mass is 10.0. The molecule has 0 amide bonds. The minimum Gasteiger partial charge on any atom is -0.326 e. The molecule has 4 heteroatoms. The molecule has 0 saturated heterocycles. The average Bonchev–Trinajstić information content (AvgIpc) is 2.32. The standard InChI is InChI=1S/C13H10BrF2N/c14-9-2-4-12(15)11(6-9)10-3-1-8(7-17)5-13(10)16/h1-6H,7,17H2. The van der Waals surface area contributed by atoms with Gasteiger partial charge in [0.15, 0.2) is 0 Å². The molecule has 0 unspecified atom stereocenters. The lowest BCUT2D eigenvalue weighted by molar-refractivity contribution is 0.615. The Morgan fingerprint density at radius 3 is 2.35 bits per heavy atom. The molecule has 0 aliphatic carbocycles. The summed E-state index contributed by atoms with van der Waals surface area (Å²) in [7, 11) is 0.